The Morgan fingerprint density at radius 3 is 2.38 bits per heavy atom. The van der Waals surface area contributed by atoms with Gasteiger partial charge in [0.2, 0.25) is 10.0 Å². The van der Waals surface area contributed by atoms with Gasteiger partial charge < -0.3 is 0 Å². The summed E-state index contributed by atoms with van der Waals surface area (Å²) in [6.07, 6.45) is 1.42. The standard InChI is InChI=1S/C17H21NO2S/c1-15-7-5-10-17(13-15)14-18-21(19,20)12-6-11-16-8-3-2-4-9-16/h2-5,7-10,13,18H,6,11-12,14H2,1H3. The van der Waals surface area contributed by atoms with E-state index in [0.29, 0.717) is 13.0 Å². The number of benzene rings is 2. The highest BCUT2D eigenvalue weighted by Gasteiger charge is 2.09. The number of aryl methyl sites for hydroxylation is 2. The van der Waals surface area contributed by atoms with Crippen LogP contribution in [0.2, 0.25) is 0 Å². The summed E-state index contributed by atoms with van der Waals surface area (Å²) in [6.45, 7) is 2.35. The summed E-state index contributed by atoms with van der Waals surface area (Å²) in [5.74, 6) is 0.160. The molecule has 3 nitrogen and oxygen atoms in total. The van der Waals surface area contributed by atoms with Crippen LogP contribution in [-0.2, 0) is 23.0 Å². The summed E-state index contributed by atoms with van der Waals surface area (Å²) >= 11 is 0. The Labute approximate surface area is 127 Å². The van der Waals surface area contributed by atoms with Crippen LogP contribution in [0.25, 0.3) is 0 Å². The highest BCUT2D eigenvalue weighted by atomic mass is 32.2. The Bertz CT molecular complexity index is 666. The first kappa shape index (κ1) is 15.7. The molecule has 21 heavy (non-hydrogen) atoms. The Morgan fingerprint density at radius 1 is 0.952 bits per heavy atom. The predicted molar refractivity (Wildman–Crippen MR) is 86.6 cm³/mol. The lowest BCUT2D eigenvalue weighted by Gasteiger charge is -2.07. The van der Waals surface area contributed by atoms with Gasteiger partial charge in [-0.05, 0) is 30.9 Å². The molecule has 0 bridgehead atoms. The second-order valence-electron chi connectivity index (χ2n) is 5.22. The van der Waals surface area contributed by atoms with Crippen LogP contribution in [-0.4, -0.2) is 14.2 Å². The first-order chi connectivity index (χ1) is 10.1. The van der Waals surface area contributed by atoms with Crippen molar-refractivity contribution in [3.05, 3.63) is 71.3 Å². The highest BCUT2D eigenvalue weighted by Crippen LogP contribution is 2.06. The zero-order valence-corrected chi connectivity index (χ0v) is 13.1. The van der Waals surface area contributed by atoms with Gasteiger partial charge in [0.15, 0.2) is 0 Å². The van der Waals surface area contributed by atoms with Gasteiger partial charge in [-0.25, -0.2) is 13.1 Å². The van der Waals surface area contributed by atoms with E-state index in [1.165, 1.54) is 5.56 Å². The van der Waals surface area contributed by atoms with E-state index in [4.69, 9.17) is 0 Å². The van der Waals surface area contributed by atoms with Crippen LogP contribution in [0.15, 0.2) is 54.6 Å². The Balaban J connectivity index is 1.79. The molecule has 0 amide bonds. The van der Waals surface area contributed by atoms with Crippen LogP contribution >= 0.6 is 0 Å². The summed E-state index contributed by atoms with van der Waals surface area (Å²) in [5, 5.41) is 0. The van der Waals surface area contributed by atoms with E-state index in [2.05, 4.69) is 4.72 Å². The zero-order valence-electron chi connectivity index (χ0n) is 12.2. The van der Waals surface area contributed by atoms with Crippen LogP contribution in [0.3, 0.4) is 0 Å². The number of hydrogen-bond acceptors (Lipinski definition) is 2. The van der Waals surface area contributed by atoms with Gasteiger partial charge in [0, 0.05) is 6.54 Å². The van der Waals surface area contributed by atoms with E-state index in [-0.39, 0.29) is 5.75 Å². The normalized spacial score (nSPS) is 11.5. The lowest BCUT2D eigenvalue weighted by Crippen LogP contribution is -2.26. The molecule has 4 heteroatoms. The van der Waals surface area contributed by atoms with Gasteiger partial charge in [0.25, 0.3) is 0 Å². The smallest absolute Gasteiger partial charge is 0.211 e. The van der Waals surface area contributed by atoms with Gasteiger partial charge in [-0.15, -0.1) is 0 Å². The fourth-order valence-electron chi connectivity index (χ4n) is 2.20. The maximum absolute atomic E-state index is 12.0. The molecule has 0 aliphatic carbocycles. The molecule has 1 N–H and O–H groups in total. The summed E-state index contributed by atoms with van der Waals surface area (Å²) < 4.78 is 26.6. The van der Waals surface area contributed by atoms with E-state index >= 15 is 0 Å². The third kappa shape index (κ3) is 5.69. The molecule has 0 heterocycles. The monoisotopic (exact) mass is 303 g/mol. The van der Waals surface area contributed by atoms with Crippen molar-refractivity contribution in [3.63, 3.8) is 0 Å². The largest absolute Gasteiger partial charge is 0.212 e. The number of rotatable bonds is 7. The second-order valence-corrected chi connectivity index (χ2v) is 7.14. The van der Waals surface area contributed by atoms with Crippen LogP contribution in [0.4, 0.5) is 0 Å². The molecule has 0 aliphatic rings. The summed E-state index contributed by atoms with van der Waals surface area (Å²) in [4.78, 5) is 0. The van der Waals surface area contributed by atoms with Crippen molar-refractivity contribution in [2.75, 3.05) is 5.75 Å². The SMILES string of the molecule is Cc1cccc(CNS(=O)(=O)CCCc2ccccc2)c1. The molecule has 2 rings (SSSR count). The number of nitrogens with one attached hydrogen (secondary N) is 1. The fraction of sp³-hybridized carbons (Fsp3) is 0.294. The number of hydrogen-bond donors (Lipinski definition) is 1. The van der Waals surface area contributed by atoms with Gasteiger partial charge in [0.1, 0.15) is 0 Å². The average molecular weight is 303 g/mol. The predicted octanol–water partition coefficient (Wildman–Crippen LogP) is 3.05. The molecule has 2 aromatic carbocycles. The Morgan fingerprint density at radius 2 is 1.67 bits per heavy atom. The second kappa shape index (κ2) is 7.38. The molecule has 112 valence electrons. The molecule has 0 saturated heterocycles. The zero-order chi connectivity index (χ0) is 15.1. The third-order valence-electron chi connectivity index (χ3n) is 3.30. The minimum Gasteiger partial charge on any atom is -0.212 e. The van der Waals surface area contributed by atoms with Gasteiger partial charge >= 0.3 is 0 Å². The molecule has 0 radical (unpaired) electrons. The van der Waals surface area contributed by atoms with E-state index < -0.39 is 10.0 Å². The topological polar surface area (TPSA) is 46.2 Å². The molecular weight excluding hydrogens is 282 g/mol. The molecule has 0 aromatic heterocycles. The first-order valence-corrected chi connectivity index (χ1v) is 8.77. The van der Waals surface area contributed by atoms with Crippen molar-refractivity contribution in [2.45, 2.75) is 26.3 Å². The quantitative estimate of drug-likeness (QED) is 0.854. The van der Waals surface area contributed by atoms with Crippen molar-refractivity contribution < 1.29 is 8.42 Å². The van der Waals surface area contributed by atoms with E-state index in [9.17, 15) is 8.42 Å². The molecule has 0 fully saturated rings. The minimum atomic E-state index is -3.21. The van der Waals surface area contributed by atoms with Gasteiger partial charge in [-0.1, -0.05) is 60.2 Å². The Hall–Kier alpha value is -1.65. The molecule has 0 aliphatic heterocycles. The van der Waals surface area contributed by atoms with Crippen molar-refractivity contribution in [3.8, 4) is 0 Å². The number of sulfonamides is 1. The van der Waals surface area contributed by atoms with E-state index in [1.807, 2.05) is 61.5 Å². The van der Waals surface area contributed by atoms with Crippen molar-refractivity contribution in [1.82, 2.24) is 4.72 Å². The van der Waals surface area contributed by atoms with Gasteiger partial charge in [-0.3, -0.25) is 0 Å². The van der Waals surface area contributed by atoms with Gasteiger partial charge in [-0.2, -0.15) is 0 Å². The van der Waals surface area contributed by atoms with Gasteiger partial charge in [0.05, 0.1) is 5.75 Å². The molecule has 0 atom stereocenters. The van der Waals surface area contributed by atoms with Crippen LogP contribution in [0.5, 0.6) is 0 Å². The molecule has 0 unspecified atom stereocenters. The minimum absolute atomic E-state index is 0.160. The molecule has 0 saturated carbocycles. The maximum atomic E-state index is 12.0. The van der Waals surface area contributed by atoms with Crippen LogP contribution in [0, 0.1) is 6.92 Å². The third-order valence-corrected chi connectivity index (χ3v) is 4.71. The molecule has 2 aromatic rings. The van der Waals surface area contributed by atoms with Crippen LogP contribution in [0.1, 0.15) is 23.1 Å². The van der Waals surface area contributed by atoms with Crippen LogP contribution < -0.4 is 4.72 Å². The fourth-order valence-corrected chi connectivity index (χ4v) is 3.25. The lowest BCUT2D eigenvalue weighted by atomic mass is 10.1. The average Bonchev–Trinajstić information content (AvgIpc) is 2.46. The molecule has 0 spiro atoms. The van der Waals surface area contributed by atoms with Crippen molar-refractivity contribution in [2.24, 2.45) is 0 Å². The highest BCUT2D eigenvalue weighted by molar-refractivity contribution is 7.89. The summed E-state index contributed by atoms with van der Waals surface area (Å²) in [6, 6.07) is 17.8. The van der Waals surface area contributed by atoms with Crippen molar-refractivity contribution >= 4 is 10.0 Å². The van der Waals surface area contributed by atoms with E-state index in [1.54, 1.807) is 0 Å². The van der Waals surface area contributed by atoms with E-state index in [0.717, 1.165) is 17.5 Å². The summed E-state index contributed by atoms with van der Waals surface area (Å²) in [5.41, 5.74) is 3.30. The maximum Gasteiger partial charge on any atom is 0.211 e. The lowest BCUT2D eigenvalue weighted by molar-refractivity contribution is 0.578. The van der Waals surface area contributed by atoms with Crippen molar-refractivity contribution in [1.29, 1.82) is 0 Å². The molecular formula is C17H21NO2S. The first-order valence-electron chi connectivity index (χ1n) is 7.12. The Kier molecular flexibility index (Phi) is 5.53. The summed E-state index contributed by atoms with van der Waals surface area (Å²) in [7, 11) is -3.21.